The highest BCUT2D eigenvalue weighted by molar-refractivity contribution is 6.25. The molecule has 3 aromatic rings. The van der Waals surface area contributed by atoms with Gasteiger partial charge < -0.3 is 9.15 Å². The lowest BCUT2D eigenvalue weighted by Crippen LogP contribution is -2.39. The number of anilines is 1. The average Bonchev–Trinajstić information content (AvgIpc) is 3.50. The molecule has 180 valence electrons. The Balaban J connectivity index is 1.34. The summed E-state index contributed by atoms with van der Waals surface area (Å²) in [4.78, 5) is 32.2. The van der Waals surface area contributed by atoms with Crippen molar-refractivity contribution in [2.75, 3.05) is 11.5 Å². The summed E-state index contributed by atoms with van der Waals surface area (Å²) >= 11 is 0. The van der Waals surface area contributed by atoms with Crippen LogP contribution in [-0.2, 0) is 16.1 Å². The summed E-state index contributed by atoms with van der Waals surface area (Å²) in [6.45, 7) is 8.73. The topological polar surface area (TPSA) is 101 Å². The zero-order chi connectivity index (χ0) is 24.7. The second kappa shape index (κ2) is 8.98. The van der Waals surface area contributed by atoms with E-state index in [0.29, 0.717) is 35.6 Å². The van der Waals surface area contributed by atoms with Gasteiger partial charge in [0.05, 0.1) is 18.8 Å². The van der Waals surface area contributed by atoms with Crippen LogP contribution in [0.15, 0.2) is 63.3 Å². The zero-order valence-corrected chi connectivity index (χ0v) is 20.1. The summed E-state index contributed by atoms with van der Waals surface area (Å²) in [5.41, 5.74) is 3.13. The fraction of sp³-hybridized carbons (Fsp3) is 0.346. The summed E-state index contributed by atoms with van der Waals surface area (Å²) in [6.07, 6.45) is 0. The van der Waals surface area contributed by atoms with Crippen molar-refractivity contribution in [2.45, 2.75) is 52.2 Å². The Morgan fingerprint density at radius 1 is 1.03 bits per heavy atom. The van der Waals surface area contributed by atoms with E-state index in [-0.39, 0.29) is 18.4 Å². The molecule has 0 unspecified atom stereocenters. The number of hydrogen-bond acceptors (Lipinski definition) is 8. The summed E-state index contributed by atoms with van der Waals surface area (Å²) < 4.78 is 11.4. The second-order valence-electron chi connectivity index (χ2n) is 8.93. The van der Waals surface area contributed by atoms with E-state index >= 15 is 0 Å². The van der Waals surface area contributed by atoms with E-state index in [0.717, 1.165) is 16.9 Å². The van der Waals surface area contributed by atoms with Crippen LogP contribution in [-0.4, -0.2) is 40.5 Å². The normalized spacial score (nSPS) is 19.2. The molecule has 0 aliphatic carbocycles. The minimum atomic E-state index is -0.856. The Morgan fingerprint density at radius 2 is 1.74 bits per heavy atom. The van der Waals surface area contributed by atoms with Crippen LogP contribution in [0.1, 0.15) is 43.7 Å². The maximum Gasteiger partial charge on any atom is 0.263 e. The lowest BCUT2D eigenvalue weighted by Gasteiger charge is -2.20. The molecule has 0 saturated carbocycles. The number of carbonyl (C=O) groups excluding carboxylic acids is 2. The Morgan fingerprint density at radius 3 is 2.40 bits per heavy atom. The molecule has 9 nitrogen and oxygen atoms in total. The van der Waals surface area contributed by atoms with E-state index in [1.165, 1.54) is 9.91 Å². The lowest BCUT2D eigenvalue weighted by atomic mass is 10.0. The number of hydrogen-bond donors (Lipinski definition) is 0. The van der Waals surface area contributed by atoms with Gasteiger partial charge in [0.25, 0.3) is 11.8 Å². The van der Waals surface area contributed by atoms with E-state index < -0.39 is 12.1 Å². The highest BCUT2D eigenvalue weighted by Gasteiger charge is 2.54. The number of ether oxygens (including phenoxy) is 1. The van der Waals surface area contributed by atoms with Crippen LogP contribution >= 0.6 is 0 Å². The lowest BCUT2D eigenvalue weighted by molar-refractivity contribution is -0.123. The molecule has 0 radical (unpaired) electrons. The number of aromatic nitrogens is 1. The first-order valence-electron chi connectivity index (χ1n) is 11.7. The summed E-state index contributed by atoms with van der Waals surface area (Å²) in [7, 11) is 0. The molecular weight excluding hydrogens is 446 g/mol. The molecule has 9 heteroatoms. The third-order valence-corrected chi connectivity index (χ3v) is 6.29. The van der Waals surface area contributed by atoms with Crippen LogP contribution in [0.25, 0.3) is 11.5 Å². The number of nitrogens with zero attached hydrogens (tertiary/aromatic N) is 5. The van der Waals surface area contributed by atoms with E-state index in [1.807, 2.05) is 50.2 Å². The molecule has 0 spiro atoms. The Hall–Kier alpha value is -4.01. The van der Waals surface area contributed by atoms with Gasteiger partial charge in [0.2, 0.25) is 5.89 Å². The number of carbonyl (C=O) groups is 2. The van der Waals surface area contributed by atoms with Crippen LogP contribution in [0, 0.1) is 6.92 Å². The Bertz CT molecular complexity index is 1280. The zero-order valence-electron chi connectivity index (χ0n) is 20.1. The number of aryl methyl sites for hydroxylation is 1. The molecule has 1 saturated heterocycles. The molecule has 2 aliphatic heterocycles. The van der Waals surface area contributed by atoms with E-state index in [9.17, 15) is 9.59 Å². The number of benzene rings is 2. The smallest absolute Gasteiger partial charge is 0.263 e. The molecule has 2 amide bonds. The molecule has 0 N–H and O–H groups in total. The van der Waals surface area contributed by atoms with E-state index in [2.05, 4.69) is 29.2 Å². The third-order valence-electron chi connectivity index (χ3n) is 6.29. The average molecular weight is 474 g/mol. The number of rotatable bonds is 7. The third kappa shape index (κ3) is 4.07. The first-order valence-corrected chi connectivity index (χ1v) is 11.7. The van der Waals surface area contributed by atoms with Crippen molar-refractivity contribution < 1.29 is 18.7 Å². The Kier molecular flexibility index (Phi) is 5.84. The minimum Gasteiger partial charge on any atom is -0.494 e. The van der Waals surface area contributed by atoms with Gasteiger partial charge in [-0.1, -0.05) is 31.2 Å². The van der Waals surface area contributed by atoms with Gasteiger partial charge in [-0.15, -0.1) is 0 Å². The van der Waals surface area contributed by atoms with Crippen molar-refractivity contribution in [1.29, 1.82) is 0 Å². The fourth-order valence-electron chi connectivity index (χ4n) is 4.33. The standard InChI is InChI=1S/C26H27N5O4/c1-5-34-20-12-8-18(9-13-20)24-27-21(16(4)35-24)14-30-23-22(28-29-30)25(32)31(26(23)33)19-10-6-17(7-11-19)15(2)3/h6-13,15,22-23H,5,14H2,1-4H3/t22-,23+/m0/s1. The van der Waals surface area contributed by atoms with Crippen LogP contribution in [0.4, 0.5) is 5.69 Å². The summed E-state index contributed by atoms with van der Waals surface area (Å²) in [5.74, 6) is 1.51. The molecule has 5 rings (SSSR count). The van der Waals surface area contributed by atoms with Crippen LogP contribution < -0.4 is 9.64 Å². The maximum absolute atomic E-state index is 13.3. The SMILES string of the molecule is CCOc1ccc(-c2nc(CN3N=N[C@@H]4C(=O)N(c5ccc(C(C)C)cc5)C(=O)[C@@H]43)c(C)o2)cc1. The van der Waals surface area contributed by atoms with Crippen molar-refractivity contribution >= 4 is 17.5 Å². The molecule has 2 aromatic carbocycles. The molecule has 1 fully saturated rings. The summed E-state index contributed by atoms with van der Waals surface area (Å²) in [5, 5.41) is 9.77. The highest BCUT2D eigenvalue weighted by atomic mass is 16.5. The van der Waals surface area contributed by atoms with Crippen LogP contribution in [0.2, 0.25) is 0 Å². The fourth-order valence-corrected chi connectivity index (χ4v) is 4.33. The second-order valence-corrected chi connectivity index (χ2v) is 8.93. The van der Waals surface area contributed by atoms with Gasteiger partial charge in [0.15, 0.2) is 12.1 Å². The largest absolute Gasteiger partial charge is 0.494 e. The van der Waals surface area contributed by atoms with Gasteiger partial charge >= 0.3 is 0 Å². The van der Waals surface area contributed by atoms with Crippen molar-refractivity contribution in [3.8, 4) is 17.2 Å². The monoisotopic (exact) mass is 473 g/mol. The van der Waals surface area contributed by atoms with E-state index in [1.54, 1.807) is 12.1 Å². The molecule has 2 atom stereocenters. The van der Waals surface area contributed by atoms with Crippen LogP contribution in [0.3, 0.4) is 0 Å². The molecule has 0 bridgehead atoms. The summed E-state index contributed by atoms with van der Waals surface area (Å²) in [6, 6.07) is 13.3. The predicted molar refractivity (Wildman–Crippen MR) is 129 cm³/mol. The first kappa shape index (κ1) is 22.8. The molecule has 2 aliphatic rings. The van der Waals surface area contributed by atoms with Gasteiger partial charge in [0, 0.05) is 5.56 Å². The van der Waals surface area contributed by atoms with Gasteiger partial charge in [-0.2, -0.15) is 5.11 Å². The Labute approximate surface area is 203 Å². The number of oxazole rings is 1. The van der Waals surface area contributed by atoms with E-state index in [4.69, 9.17) is 9.15 Å². The molecular formula is C26H27N5O4. The van der Waals surface area contributed by atoms with Crippen molar-refractivity contribution in [3.63, 3.8) is 0 Å². The number of fused-ring (bicyclic) bond motifs is 1. The van der Waals surface area contributed by atoms with Gasteiger partial charge in [-0.3, -0.25) is 14.6 Å². The van der Waals surface area contributed by atoms with Gasteiger partial charge in [-0.25, -0.2) is 9.88 Å². The van der Waals surface area contributed by atoms with Crippen molar-refractivity contribution in [3.05, 3.63) is 65.5 Å². The molecule has 1 aromatic heterocycles. The number of amides is 2. The van der Waals surface area contributed by atoms with Crippen LogP contribution in [0.5, 0.6) is 5.75 Å². The van der Waals surface area contributed by atoms with Gasteiger partial charge in [0.1, 0.15) is 17.2 Å². The highest BCUT2D eigenvalue weighted by Crippen LogP contribution is 2.34. The minimum absolute atomic E-state index is 0.205. The predicted octanol–water partition coefficient (Wildman–Crippen LogP) is 4.67. The molecule has 35 heavy (non-hydrogen) atoms. The quantitative estimate of drug-likeness (QED) is 0.463. The first-order chi connectivity index (χ1) is 16.9. The van der Waals surface area contributed by atoms with Crippen molar-refractivity contribution in [1.82, 2.24) is 9.99 Å². The maximum atomic E-state index is 13.3. The van der Waals surface area contributed by atoms with Gasteiger partial charge in [-0.05, 0) is 61.7 Å². The number of imide groups is 1. The molecule has 3 heterocycles. The van der Waals surface area contributed by atoms with Crippen molar-refractivity contribution in [2.24, 2.45) is 10.3 Å².